The molecular formula is C16H11FO2. The van der Waals surface area contributed by atoms with Crippen LogP contribution >= 0.6 is 0 Å². The van der Waals surface area contributed by atoms with Gasteiger partial charge in [0.2, 0.25) is 0 Å². The van der Waals surface area contributed by atoms with Crippen LogP contribution in [0.25, 0.3) is 21.9 Å². The van der Waals surface area contributed by atoms with Gasteiger partial charge in [0, 0.05) is 0 Å². The lowest BCUT2D eigenvalue weighted by Gasteiger charge is -2.05. The van der Waals surface area contributed by atoms with Crippen molar-refractivity contribution in [2.24, 2.45) is 0 Å². The lowest BCUT2D eigenvalue weighted by molar-refractivity contribution is 0.433. The van der Waals surface area contributed by atoms with Crippen molar-refractivity contribution in [3.05, 3.63) is 60.4 Å². The summed E-state index contributed by atoms with van der Waals surface area (Å²) in [6, 6.07) is 15.1. The first kappa shape index (κ1) is 11.5. The highest BCUT2D eigenvalue weighted by Crippen LogP contribution is 2.29. The van der Waals surface area contributed by atoms with Crippen LogP contribution in [0.15, 0.2) is 54.6 Å². The van der Waals surface area contributed by atoms with Gasteiger partial charge in [-0.25, -0.2) is 4.39 Å². The quantitative estimate of drug-likeness (QED) is 0.687. The topological polar surface area (TPSA) is 40.5 Å². The molecule has 0 aliphatic heterocycles. The summed E-state index contributed by atoms with van der Waals surface area (Å²) < 4.78 is 13.0. The predicted octanol–water partition coefficient (Wildman–Crippen LogP) is 4.06. The summed E-state index contributed by atoms with van der Waals surface area (Å²) in [6.07, 6.45) is 0. The molecule has 0 heterocycles. The number of rotatable bonds is 1. The van der Waals surface area contributed by atoms with Crippen LogP contribution in [-0.4, -0.2) is 10.2 Å². The minimum atomic E-state index is -0.630. The molecule has 0 amide bonds. The third-order valence-electron chi connectivity index (χ3n) is 3.10. The van der Waals surface area contributed by atoms with E-state index in [2.05, 4.69) is 0 Å². The average Bonchev–Trinajstić information content (AvgIpc) is 2.41. The maximum Gasteiger partial charge on any atom is 0.164 e. The molecule has 94 valence electrons. The fourth-order valence-corrected chi connectivity index (χ4v) is 2.10. The molecular weight excluding hydrogens is 243 g/mol. The number of phenols is 2. The zero-order chi connectivity index (χ0) is 13.4. The third-order valence-corrected chi connectivity index (χ3v) is 3.10. The summed E-state index contributed by atoms with van der Waals surface area (Å²) in [6.45, 7) is 0. The Morgan fingerprint density at radius 1 is 0.684 bits per heavy atom. The number of phenolic OH excluding ortho intramolecular Hbond substituents is 2. The second kappa shape index (κ2) is 4.28. The summed E-state index contributed by atoms with van der Waals surface area (Å²) in [5.74, 6) is -0.766. The highest BCUT2D eigenvalue weighted by molar-refractivity contribution is 5.88. The maximum atomic E-state index is 13.0. The van der Waals surface area contributed by atoms with Crippen molar-refractivity contribution in [2.75, 3.05) is 0 Å². The van der Waals surface area contributed by atoms with Gasteiger partial charge < -0.3 is 10.2 Å². The highest BCUT2D eigenvalue weighted by atomic mass is 19.1. The number of fused-ring (bicyclic) bond motifs is 1. The second-order valence-corrected chi connectivity index (χ2v) is 4.41. The molecule has 0 aliphatic carbocycles. The molecule has 0 atom stereocenters. The first-order valence-electron chi connectivity index (χ1n) is 5.85. The van der Waals surface area contributed by atoms with Gasteiger partial charge in [0.15, 0.2) is 11.6 Å². The first-order valence-corrected chi connectivity index (χ1v) is 5.85. The molecule has 3 aromatic rings. The predicted molar refractivity (Wildman–Crippen MR) is 72.7 cm³/mol. The largest absolute Gasteiger partial charge is 0.508 e. The van der Waals surface area contributed by atoms with E-state index in [9.17, 15) is 14.6 Å². The number of halogens is 1. The van der Waals surface area contributed by atoms with Crippen LogP contribution in [0.5, 0.6) is 11.5 Å². The fraction of sp³-hybridized carbons (Fsp3) is 0. The second-order valence-electron chi connectivity index (χ2n) is 4.41. The maximum absolute atomic E-state index is 13.0. The van der Waals surface area contributed by atoms with E-state index >= 15 is 0 Å². The Bertz CT molecular complexity index is 766. The Hall–Kier alpha value is -2.55. The molecule has 0 saturated heterocycles. The Labute approximate surface area is 109 Å². The van der Waals surface area contributed by atoms with E-state index in [-0.39, 0.29) is 11.5 Å². The number of aromatic hydroxyl groups is 2. The minimum absolute atomic E-state index is 0.222. The van der Waals surface area contributed by atoms with Gasteiger partial charge in [0.05, 0.1) is 0 Å². The van der Waals surface area contributed by atoms with Crippen LogP contribution in [0.2, 0.25) is 0 Å². The molecule has 3 rings (SSSR count). The van der Waals surface area contributed by atoms with Crippen molar-refractivity contribution in [1.29, 1.82) is 0 Å². The summed E-state index contributed by atoms with van der Waals surface area (Å²) in [7, 11) is 0. The van der Waals surface area contributed by atoms with Crippen molar-refractivity contribution < 1.29 is 14.6 Å². The van der Waals surface area contributed by atoms with Gasteiger partial charge >= 0.3 is 0 Å². The SMILES string of the molecule is Oc1ccc2cc(-c3ccc(F)c(O)c3)ccc2c1. The molecule has 2 N–H and O–H groups in total. The molecule has 0 fully saturated rings. The molecule has 19 heavy (non-hydrogen) atoms. The zero-order valence-corrected chi connectivity index (χ0v) is 9.97. The van der Waals surface area contributed by atoms with Crippen LogP contribution in [0.4, 0.5) is 4.39 Å². The summed E-state index contributed by atoms with van der Waals surface area (Å²) >= 11 is 0. The van der Waals surface area contributed by atoms with E-state index in [1.165, 1.54) is 12.1 Å². The van der Waals surface area contributed by atoms with Crippen LogP contribution in [0, 0.1) is 5.82 Å². The first-order chi connectivity index (χ1) is 9.13. The van der Waals surface area contributed by atoms with Gasteiger partial charge in [0.25, 0.3) is 0 Å². The molecule has 0 aromatic heterocycles. The monoisotopic (exact) mass is 254 g/mol. The van der Waals surface area contributed by atoms with E-state index in [0.717, 1.165) is 21.9 Å². The van der Waals surface area contributed by atoms with Crippen molar-refractivity contribution in [1.82, 2.24) is 0 Å². The molecule has 0 aliphatic rings. The molecule has 3 aromatic carbocycles. The van der Waals surface area contributed by atoms with E-state index in [1.807, 2.05) is 24.3 Å². The van der Waals surface area contributed by atoms with E-state index < -0.39 is 5.82 Å². The lowest BCUT2D eigenvalue weighted by Crippen LogP contribution is -1.81. The normalized spacial score (nSPS) is 10.8. The van der Waals surface area contributed by atoms with E-state index in [1.54, 1.807) is 18.2 Å². The van der Waals surface area contributed by atoms with Gasteiger partial charge in [-0.1, -0.05) is 24.3 Å². The molecule has 2 nitrogen and oxygen atoms in total. The Morgan fingerprint density at radius 2 is 1.32 bits per heavy atom. The van der Waals surface area contributed by atoms with Gasteiger partial charge in [-0.15, -0.1) is 0 Å². The summed E-state index contributed by atoms with van der Waals surface area (Å²) in [4.78, 5) is 0. The molecule has 0 spiro atoms. The average molecular weight is 254 g/mol. The Morgan fingerprint density at radius 3 is 2.11 bits per heavy atom. The number of hydrogen-bond acceptors (Lipinski definition) is 2. The highest BCUT2D eigenvalue weighted by Gasteiger charge is 2.05. The lowest BCUT2D eigenvalue weighted by atomic mass is 10.0. The van der Waals surface area contributed by atoms with Crippen LogP contribution in [-0.2, 0) is 0 Å². The Balaban J connectivity index is 2.14. The van der Waals surface area contributed by atoms with Crippen molar-refractivity contribution in [3.63, 3.8) is 0 Å². The Kier molecular flexibility index (Phi) is 2.60. The van der Waals surface area contributed by atoms with Gasteiger partial charge in [-0.3, -0.25) is 0 Å². The standard InChI is InChI=1S/C16H11FO2/c17-15-6-4-13(9-16(15)19)10-1-2-12-8-14(18)5-3-11(12)7-10/h1-9,18-19H. The van der Waals surface area contributed by atoms with E-state index in [4.69, 9.17) is 0 Å². The summed E-state index contributed by atoms with van der Waals surface area (Å²) in [5, 5.41) is 20.7. The van der Waals surface area contributed by atoms with Crippen LogP contribution in [0.1, 0.15) is 0 Å². The van der Waals surface area contributed by atoms with Gasteiger partial charge in [-0.2, -0.15) is 0 Å². The van der Waals surface area contributed by atoms with Crippen molar-refractivity contribution in [3.8, 4) is 22.6 Å². The van der Waals surface area contributed by atoms with Gasteiger partial charge in [-0.05, 0) is 52.2 Å². The number of hydrogen-bond donors (Lipinski definition) is 2. The van der Waals surface area contributed by atoms with Gasteiger partial charge in [0.1, 0.15) is 5.75 Å². The number of benzene rings is 3. The molecule has 0 unspecified atom stereocenters. The zero-order valence-electron chi connectivity index (χ0n) is 9.97. The van der Waals surface area contributed by atoms with Crippen molar-refractivity contribution >= 4 is 10.8 Å². The van der Waals surface area contributed by atoms with Crippen molar-refractivity contribution in [2.45, 2.75) is 0 Å². The van der Waals surface area contributed by atoms with Crippen LogP contribution < -0.4 is 0 Å². The van der Waals surface area contributed by atoms with Crippen LogP contribution in [0.3, 0.4) is 0 Å². The smallest absolute Gasteiger partial charge is 0.164 e. The third kappa shape index (κ3) is 2.10. The van der Waals surface area contributed by atoms with E-state index in [0.29, 0.717) is 0 Å². The molecule has 0 saturated carbocycles. The molecule has 0 radical (unpaired) electrons. The summed E-state index contributed by atoms with van der Waals surface area (Å²) in [5.41, 5.74) is 1.63. The fourth-order valence-electron chi connectivity index (χ4n) is 2.10. The molecule has 0 bridgehead atoms. The molecule has 3 heteroatoms. The minimum Gasteiger partial charge on any atom is -0.508 e.